The van der Waals surface area contributed by atoms with Crippen LogP contribution >= 0.6 is 0 Å². The van der Waals surface area contributed by atoms with E-state index in [9.17, 15) is 0 Å². The number of guanidine groups is 1. The monoisotopic (exact) mass is 347 g/mol. The molecule has 1 heterocycles. The fraction of sp³-hybridized carbons (Fsp3) is 0.632. The van der Waals surface area contributed by atoms with Gasteiger partial charge in [-0.05, 0) is 51.2 Å². The second-order valence-electron chi connectivity index (χ2n) is 6.47. The lowest BCUT2D eigenvalue weighted by molar-refractivity contribution is 0.280. The Kier molecular flexibility index (Phi) is 8.55. The van der Waals surface area contributed by atoms with Crippen molar-refractivity contribution in [2.45, 2.75) is 19.9 Å². The van der Waals surface area contributed by atoms with Crippen molar-refractivity contribution in [1.29, 1.82) is 0 Å². The van der Waals surface area contributed by atoms with Crippen LogP contribution in [0.5, 0.6) is 5.75 Å². The van der Waals surface area contributed by atoms with Crippen LogP contribution in [0, 0.1) is 0 Å². The van der Waals surface area contributed by atoms with Gasteiger partial charge in [0, 0.05) is 32.7 Å². The minimum atomic E-state index is 0.640. The van der Waals surface area contributed by atoms with E-state index >= 15 is 0 Å². The highest BCUT2D eigenvalue weighted by Gasteiger charge is 2.11. The molecule has 0 atom stereocenters. The summed E-state index contributed by atoms with van der Waals surface area (Å²) in [6.45, 7) is 10.2. The van der Waals surface area contributed by atoms with Gasteiger partial charge in [0.25, 0.3) is 0 Å². The molecule has 0 radical (unpaired) electrons. The third-order valence-corrected chi connectivity index (χ3v) is 4.43. The zero-order chi connectivity index (χ0) is 17.9. The van der Waals surface area contributed by atoms with Crippen LogP contribution in [-0.2, 0) is 6.54 Å². The van der Waals surface area contributed by atoms with Crippen molar-refractivity contribution in [1.82, 2.24) is 20.4 Å². The number of hydrogen-bond acceptors (Lipinski definition) is 4. The molecule has 1 fully saturated rings. The first-order valence-electron chi connectivity index (χ1n) is 9.27. The Hall–Kier alpha value is -1.79. The summed E-state index contributed by atoms with van der Waals surface area (Å²) in [4.78, 5) is 9.62. The van der Waals surface area contributed by atoms with Crippen LogP contribution in [-0.4, -0.2) is 75.7 Å². The molecule has 0 amide bonds. The Balaban J connectivity index is 1.80. The number of likely N-dealkylation sites (N-methyl/N-ethyl adjacent to an activating group) is 1. The largest absolute Gasteiger partial charge is 0.497 e. The van der Waals surface area contributed by atoms with Crippen LogP contribution in [0.1, 0.15) is 18.9 Å². The molecule has 0 bridgehead atoms. The van der Waals surface area contributed by atoms with E-state index in [0.29, 0.717) is 6.54 Å². The third-order valence-electron chi connectivity index (χ3n) is 4.43. The molecular formula is C19H33N5O. The lowest BCUT2D eigenvalue weighted by Crippen LogP contribution is -2.42. The average molecular weight is 348 g/mol. The molecule has 0 unspecified atom stereocenters. The van der Waals surface area contributed by atoms with Gasteiger partial charge in [-0.2, -0.15) is 0 Å². The number of benzene rings is 1. The summed E-state index contributed by atoms with van der Waals surface area (Å²) in [5.74, 6) is 1.74. The minimum absolute atomic E-state index is 0.640. The van der Waals surface area contributed by atoms with Crippen molar-refractivity contribution in [3.63, 3.8) is 0 Å². The topological polar surface area (TPSA) is 52.1 Å². The van der Waals surface area contributed by atoms with Crippen molar-refractivity contribution in [3.05, 3.63) is 29.8 Å². The third kappa shape index (κ3) is 7.32. The molecule has 2 rings (SSSR count). The molecule has 1 aromatic rings. The first-order chi connectivity index (χ1) is 12.2. The zero-order valence-electron chi connectivity index (χ0n) is 15.9. The number of rotatable bonds is 7. The van der Waals surface area contributed by atoms with Gasteiger partial charge in [0.05, 0.1) is 13.7 Å². The summed E-state index contributed by atoms with van der Waals surface area (Å²) in [5.41, 5.74) is 1.15. The maximum Gasteiger partial charge on any atom is 0.191 e. The predicted octanol–water partition coefficient (Wildman–Crippen LogP) is 1.39. The van der Waals surface area contributed by atoms with Crippen LogP contribution in [0.2, 0.25) is 0 Å². The number of nitrogens with one attached hydrogen (secondary N) is 2. The van der Waals surface area contributed by atoms with Crippen LogP contribution in [0.4, 0.5) is 0 Å². The smallest absolute Gasteiger partial charge is 0.191 e. The standard InChI is InChI=1S/C19H33N5O/c1-4-20-19(22-16-17-7-5-8-18(15-17)25-3)21-9-12-24-11-6-10-23(2)13-14-24/h5,7-8,15H,4,6,9-14,16H2,1-3H3,(H2,20,21,22). The normalized spacial score (nSPS) is 17.2. The molecule has 0 aromatic heterocycles. The van der Waals surface area contributed by atoms with E-state index in [1.807, 2.05) is 18.2 Å². The van der Waals surface area contributed by atoms with Crippen LogP contribution in [0.15, 0.2) is 29.3 Å². The molecule has 1 aromatic carbocycles. The van der Waals surface area contributed by atoms with Gasteiger partial charge in [-0.15, -0.1) is 0 Å². The van der Waals surface area contributed by atoms with Gasteiger partial charge in [-0.1, -0.05) is 12.1 Å². The van der Waals surface area contributed by atoms with E-state index < -0.39 is 0 Å². The lowest BCUT2D eigenvalue weighted by atomic mass is 10.2. The molecule has 0 spiro atoms. The summed E-state index contributed by atoms with van der Waals surface area (Å²) in [6, 6.07) is 8.06. The number of hydrogen-bond donors (Lipinski definition) is 2. The van der Waals surface area contributed by atoms with E-state index in [1.54, 1.807) is 7.11 Å². The van der Waals surface area contributed by atoms with Crippen molar-refractivity contribution < 1.29 is 4.74 Å². The van der Waals surface area contributed by atoms with Gasteiger partial charge in [-0.3, -0.25) is 0 Å². The molecule has 1 saturated heterocycles. The first kappa shape index (κ1) is 19.5. The number of aliphatic imine (C=N–C) groups is 1. The van der Waals surface area contributed by atoms with Crippen molar-refractivity contribution >= 4 is 5.96 Å². The van der Waals surface area contributed by atoms with Crippen LogP contribution in [0.25, 0.3) is 0 Å². The molecular weight excluding hydrogens is 314 g/mol. The maximum absolute atomic E-state index is 5.27. The Bertz CT molecular complexity index is 534. The number of methoxy groups -OCH3 is 1. The Morgan fingerprint density at radius 2 is 2.08 bits per heavy atom. The van der Waals surface area contributed by atoms with E-state index in [-0.39, 0.29) is 0 Å². The Labute approximate surface area is 152 Å². The van der Waals surface area contributed by atoms with Crippen molar-refractivity contribution in [3.8, 4) is 5.75 Å². The van der Waals surface area contributed by atoms with E-state index in [2.05, 4.69) is 45.5 Å². The van der Waals surface area contributed by atoms with Crippen LogP contribution in [0.3, 0.4) is 0 Å². The molecule has 0 aliphatic carbocycles. The molecule has 25 heavy (non-hydrogen) atoms. The fourth-order valence-electron chi connectivity index (χ4n) is 2.94. The highest BCUT2D eigenvalue weighted by Crippen LogP contribution is 2.13. The van der Waals surface area contributed by atoms with E-state index in [0.717, 1.165) is 50.0 Å². The average Bonchev–Trinajstić information content (AvgIpc) is 2.84. The first-order valence-corrected chi connectivity index (χ1v) is 9.27. The Morgan fingerprint density at radius 1 is 1.20 bits per heavy atom. The van der Waals surface area contributed by atoms with Gasteiger partial charge in [0.1, 0.15) is 5.75 Å². The summed E-state index contributed by atoms with van der Waals surface area (Å²) in [6.07, 6.45) is 1.25. The zero-order valence-corrected chi connectivity index (χ0v) is 15.9. The second kappa shape index (κ2) is 10.9. The summed E-state index contributed by atoms with van der Waals surface area (Å²) < 4.78 is 5.27. The Morgan fingerprint density at radius 3 is 2.88 bits per heavy atom. The van der Waals surface area contributed by atoms with E-state index in [1.165, 1.54) is 19.5 Å². The second-order valence-corrected chi connectivity index (χ2v) is 6.47. The highest BCUT2D eigenvalue weighted by molar-refractivity contribution is 5.79. The molecule has 1 aliphatic rings. The van der Waals surface area contributed by atoms with Gasteiger partial charge in [-0.25, -0.2) is 4.99 Å². The number of nitrogens with zero attached hydrogens (tertiary/aromatic N) is 3. The van der Waals surface area contributed by atoms with Gasteiger partial charge >= 0.3 is 0 Å². The molecule has 2 N–H and O–H groups in total. The SMILES string of the molecule is CCNC(=NCc1cccc(OC)c1)NCCN1CCCN(C)CC1. The molecule has 6 heteroatoms. The molecule has 1 aliphatic heterocycles. The molecule has 140 valence electrons. The quantitative estimate of drug-likeness (QED) is 0.577. The van der Waals surface area contributed by atoms with Gasteiger partial charge in [0.2, 0.25) is 0 Å². The highest BCUT2D eigenvalue weighted by atomic mass is 16.5. The fourth-order valence-corrected chi connectivity index (χ4v) is 2.94. The van der Waals surface area contributed by atoms with Gasteiger partial charge in [0.15, 0.2) is 5.96 Å². The minimum Gasteiger partial charge on any atom is -0.497 e. The van der Waals surface area contributed by atoms with Gasteiger partial charge < -0.3 is 25.2 Å². The molecule has 0 saturated carbocycles. The maximum atomic E-state index is 5.27. The van der Waals surface area contributed by atoms with Crippen molar-refractivity contribution in [2.75, 3.05) is 60.0 Å². The molecule has 6 nitrogen and oxygen atoms in total. The van der Waals surface area contributed by atoms with Crippen LogP contribution < -0.4 is 15.4 Å². The van der Waals surface area contributed by atoms with Crippen molar-refractivity contribution in [2.24, 2.45) is 4.99 Å². The predicted molar refractivity (Wildman–Crippen MR) is 104 cm³/mol. The van der Waals surface area contributed by atoms with E-state index in [4.69, 9.17) is 4.74 Å². The number of ether oxygens (including phenoxy) is 1. The lowest BCUT2D eigenvalue weighted by Gasteiger charge is -2.21. The summed E-state index contributed by atoms with van der Waals surface area (Å²) in [7, 11) is 3.89. The summed E-state index contributed by atoms with van der Waals surface area (Å²) >= 11 is 0. The summed E-state index contributed by atoms with van der Waals surface area (Å²) in [5, 5.41) is 6.77.